The molecule has 0 saturated heterocycles. The molecular formula is C9H15KO4. The molecule has 14 heavy (non-hydrogen) atoms. The topological polar surface area (TPSA) is 66.4 Å². The second-order valence-electron chi connectivity index (χ2n) is 2.86. The molecule has 0 spiro atoms. The molecular weight excluding hydrogens is 211 g/mol. The Labute approximate surface area is 127 Å². The molecule has 0 fully saturated rings. The summed E-state index contributed by atoms with van der Waals surface area (Å²) in [4.78, 5) is 20.6. The number of carboxylic acid groups (broad SMARTS) is 1. The van der Waals surface area contributed by atoms with Crippen molar-refractivity contribution in [2.45, 2.75) is 38.5 Å². The standard InChI is InChI=1S/C9H16O4.K/c1-13-9(12)7-5-3-2-4-6-8(10)11;/h2-7H2,1H3,(H,10,11);/q;+1/p-1. The van der Waals surface area contributed by atoms with Crippen molar-refractivity contribution in [3.63, 3.8) is 0 Å². The molecule has 4 nitrogen and oxygen atoms in total. The molecule has 76 valence electrons. The molecule has 0 unspecified atom stereocenters. The van der Waals surface area contributed by atoms with E-state index >= 15 is 0 Å². The number of hydrogen-bond acceptors (Lipinski definition) is 4. The van der Waals surface area contributed by atoms with Crippen LogP contribution in [0.25, 0.3) is 0 Å². The first kappa shape index (κ1) is 17.0. The fraction of sp³-hybridized carbons (Fsp3) is 0.778. The molecule has 5 heteroatoms. The number of hydrogen-bond donors (Lipinski definition) is 0. The van der Waals surface area contributed by atoms with Gasteiger partial charge >= 0.3 is 57.4 Å². The zero-order valence-electron chi connectivity index (χ0n) is 8.88. The van der Waals surface area contributed by atoms with Gasteiger partial charge in [-0.3, -0.25) is 4.79 Å². The molecule has 0 aliphatic heterocycles. The van der Waals surface area contributed by atoms with Crippen molar-refractivity contribution in [2.75, 3.05) is 7.11 Å². The van der Waals surface area contributed by atoms with Gasteiger partial charge in [-0.05, 0) is 19.3 Å². The molecule has 0 aromatic rings. The molecule has 0 aromatic heterocycles. The van der Waals surface area contributed by atoms with Crippen molar-refractivity contribution in [3.8, 4) is 0 Å². The normalized spacial score (nSPS) is 8.93. The van der Waals surface area contributed by atoms with E-state index in [-0.39, 0.29) is 63.8 Å². The van der Waals surface area contributed by atoms with Crippen LogP contribution in [0.5, 0.6) is 0 Å². The molecule has 0 saturated carbocycles. The third-order valence-electron chi connectivity index (χ3n) is 1.74. The maximum atomic E-state index is 10.6. The molecule has 0 amide bonds. The SMILES string of the molecule is COC(=O)CCCCCCC(=O)[O-].[K+]. The van der Waals surface area contributed by atoms with E-state index in [1.165, 1.54) is 7.11 Å². The number of aliphatic carboxylic acids is 1. The Hall–Kier alpha value is 0.576. The number of ether oxygens (including phenoxy) is 1. The molecule has 0 N–H and O–H groups in total. The fourth-order valence-corrected chi connectivity index (χ4v) is 0.994. The third kappa shape index (κ3) is 12.6. The van der Waals surface area contributed by atoms with Crippen molar-refractivity contribution in [1.82, 2.24) is 0 Å². The van der Waals surface area contributed by atoms with Crippen LogP contribution in [0.3, 0.4) is 0 Å². The summed E-state index contributed by atoms with van der Waals surface area (Å²) >= 11 is 0. The number of carboxylic acids is 1. The van der Waals surface area contributed by atoms with Crippen LogP contribution in [0.1, 0.15) is 38.5 Å². The van der Waals surface area contributed by atoms with Crippen molar-refractivity contribution in [3.05, 3.63) is 0 Å². The smallest absolute Gasteiger partial charge is 0.550 e. The summed E-state index contributed by atoms with van der Waals surface area (Å²) in [6.45, 7) is 0. The van der Waals surface area contributed by atoms with Crippen LogP contribution in [0.15, 0.2) is 0 Å². The summed E-state index contributed by atoms with van der Waals surface area (Å²) in [5, 5.41) is 10.0. The van der Waals surface area contributed by atoms with Crippen molar-refractivity contribution in [1.29, 1.82) is 0 Å². The number of carbonyl (C=O) groups excluding carboxylic acids is 2. The minimum Gasteiger partial charge on any atom is -0.550 e. The summed E-state index contributed by atoms with van der Waals surface area (Å²) in [6.07, 6.45) is 3.61. The fourth-order valence-electron chi connectivity index (χ4n) is 0.994. The number of methoxy groups -OCH3 is 1. The second-order valence-corrected chi connectivity index (χ2v) is 2.86. The Morgan fingerprint density at radius 1 is 1.07 bits per heavy atom. The van der Waals surface area contributed by atoms with Crippen LogP contribution in [-0.4, -0.2) is 19.0 Å². The monoisotopic (exact) mass is 226 g/mol. The van der Waals surface area contributed by atoms with E-state index in [1.54, 1.807) is 0 Å². The largest absolute Gasteiger partial charge is 1.00 e. The van der Waals surface area contributed by atoms with Gasteiger partial charge in [0.1, 0.15) is 0 Å². The van der Waals surface area contributed by atoms with Crippen LogP contribution in [0, 0.1) is 0 Å². The zero-order valence-corrected chi connectivity index (χ0v) is 12.0. The van der Waals surface area contributed by atoms with Crippen LogP contribution >= 0.6 is 0 Å². The van der Waals surface area contributed by atoms with Gasteiger partial charge < -0.3 is 14.6 Å². The number of esters is 1. The maximum Gasteiger partial charge on any atom is 1.00 e. The van der Waals surface area contributed by atoms with E-state index in [1.807, 2.05) is 0 Å². The summed E-state index contributed by atoms with van der Waals surface area (Å²) < 4.78 is 4.45. The maximum absolute atomic E-state index is 10.6. The van der Waals surface area contributed by atoms with Gasteiger partial charge in [0.25, 0.3) is 0 Å². The van der Waals surface area contributed by atoms with Crippen molar-refractivity contribution >= 4 is 11.9 Å². The Kier molecular flexibility index (Phi) is 14.1. The molecule has 0 aliphatic carbocycles. The number of unbranched alkanes of at least 4 members (excludes halogenated alkanes) is 3. The van der Waals surface area contributed by atoms with Gasteiger partial charge in [-0.2, -0.15) is 0 Å². The summed E-state index contributed by atoms with van der Waals surface area (Å²) in [6, 6.07) is 0. The number of carbonyl (C=O) groups is 2. The third-order valence-corrected chi connectivity index (χ3v) is 1.74. The Morgan fingerprint density at radius 3 is 2.00 bits per heavy atom. The van der Waals surface area contributed by atoms with Crippen LogP contribution < -0.4 is 56.5 Å². The van der Waals surface area contributed by atoms with E-state index in [9.17, 15) is 14.7 Å². The van der Waals surface area contributed by atoms with E-state index in [4.69, 9.17) is 0 Å². The molecule has 0 heterocycles. The Bertz CT molecular complexity index is 170. The van der Waals surface area contributed by atoms with Gasteiger partial charge in [0.15, 0.2) is 0 Å². The Morgan fingerprint density at radius 2 is 1.57 bits per heavy atom. The molecule has 0 aliphatic rings. The van der Waals surface area contributed by atoms with Gasteiger partial charge in [0, 0.05) is 12.4 Å². The molecule has 0 atom stereocenters. The average molecular weight is 226 g/mol. The van der Waals surface area contributed by atoms with E-state index < -0.39 is 5.97 Å². The first-order valence-corrected chi connectivity index (χ1v) is 4.43. The molecule has 0 aromatic carbocycles. The van der Waals surface area contributed by atoms with E-state index in [0.29, 0.717) is 12.8 Å². The second kappa shape index (κ2) is 11.7. The minimum atomic E-state index is -1.01. The zero-order chi connectivity index (χ0) is 10.1. The van der Waals surface area contributed by atoms with Crippen LogP contribution in [-0.2, 0) is 14.3 Å². The van der Waals surface area contributed by atoms with Crippen molar-refractivity contribution in [2.24, 2.45) is 0 Å². The van der Waals surface area contributed by atoms with Crippen molar-refractivity contribution < 1.29 is 70.8 Å². The molecule has 0 bridgehead atoms. The molecule has 0 radical (unpaired) electrons. The predicted octanol–water partition coefficient (Wildman–Crippen LogP) is -2.75. The minimum absolute atomic E-state index is 0. The van der Waals surface area contributed by atoms with Gasteiger partial charge in [0.05, 0.1) is 7.11 Å². The van der Waals surface area contributed by atoms with E-state index in [0.717, 1.165) is 19.3 Å². The van der Waals surface area contributed by atoms with Gasteiger partial charge in [0.2, 0.25) is 0 Å². The number of rotatable bonds is 7. The predicted molar refractivity (Wildman–Crippen MR) is 44.7 cm³/mol. The van der Waals surface area contributed by atoms with E-state index in [2.05, 4.69) is 4.74 Å². The van der Waals surface area contributed by atoms with Gasteiger partial charge in [-0.1, -0.05) is 12.8 Å². The van der Waals surface area contributed by atoms with Crippen LogP contribution in [0.2, 0.25) is 0 Å². The summed E-state index contributed by atoms with van der Waals surface area (Å²) in [5.41, 5.74) is 0. The molecule has 0 rings (SSSR count). The first-order chi connectivity index (χ1) is 6.16. The average Bonchev–Trinajstić information content (AvgIpc) is 2.10. The summed E-state index contributed by atoms with van der Waals surface area (Å²) in [7, 11) is 1.36. The quantitative estimate of drug-likeness (QED) is 0.268. The Balaban J connectivity index is 0. The summed E-state index contributed by atoms with van der Waals surface area (Å²) in [5.74, 6) is -1.21. The van der Waals surface area contributed by atoms with Gasteiger partial charge in [-0.15, -0.1) is 0 Å². The van der Waals surface area contributed by atoms with Crippen LogP contribution in [0.4, 0.5) is 0 Å². The van der Waals surface area contributed by atoms with Gasteiger partial charge in [-0.25, -0.2) is 0 Å². The first-order valence-electron chi connectivity index (χ1n) is 4.43.